The molecule has 4 rings (SSSR count). The Morgan fingerprint density at radius 2 is 1.85 bits per heavy atom. The van der Waals surface area contributed by atoms with Crippen molar-refractivity contribution >= 4 is 61.6 Å². The number of thioether (sulfide) groups is 1. The third kappa shape index (κ3) is 4.92. The minimum atomic E-state index is -0.756. The third-order valence-electron chi connectivity index (χ3n) is 5.12. The third-order valence-corrected chi connectivity index (χ3v) is 7.19. The van der Waals surface area contributed by atoms with E-state index in [1.807, 2.05) is 48.5 Å². The molecule has 10 heteroatoms. The highest BCUT2D eigenvalue weighted by atomic mass is 32.2. The maximum Gasteiger partial charge on any atom is 0.283 e. The summed E-state index contributed by atoms with van der Waals surface area (Å²) in [4.78, 5) is 42.2. The Kier molecular flexibility index (Phi) is 6.90. The molecule has 0 unspecified atom stereocenters. The minimum Gasteiger partial charge on any atom is -0.366 e. The summed E-state index contributed by atoms with van der Waals surface area (Å²) < 4.78 is 0.950. The van der Waals surface area contributed by atoms with Gasteiger partial charge in [0, 0.05) is 11.6 Å². The average Bonchev–Trinajstić information content (AvgIpc) is 3.26. The maximum absolute atomic E-state index is 13.4. The van der Waals surface area contributed by atoms with Crippen molar-refractivity contribution in [1.82, 2.24) is 4.98 Å². The van der Waals surface area contributed by atoms with E-state index in [1.165, 1.54) is 23.5 Å². The van der Waals surface area contributed by atoms with Crippen LogP contribution in [0.2, 0.25) is 0 Å². The van der Waals surface area contributed by atoms with E-state index in [0.29, 0.717) is 10.8 Å². The van der Waals surface area contributed by atoms with Crippen molar-refractivity contribution in [3.05, 3.63) is 88.0 Å². The molecule has 4 aromatic rings. The van der Waals surface area contributed by atoms with E-state index in [4.69, 9.17) is 5.73 Å². The Labute approximate surface area is 203 Å². The lowest BCUT2D eigenvalue weighted by Gasteiger charge is -2.20. The van der Waals surface area contributed by atoms with E-state index in [0.717, 1.165) is 40.0 Å². The molecule has 1 aromatic heterocycles. The van der Waals surface area contributed by atoms with E-state index >= 15 is 0 Å². The summed E-state index contributed by atoms with van der Waals surface area (Å²) in [5.74, 6) is -1.10. The molecule has 0 saturated carbocycles. The van der Waals surface area contributed by atoms with Gasteiger partial charge in [0.2, 0.25) is 11.8 Å². The standard InChI is InChI=1S/C24H20N4O4S2/c1-2-15-7-10-17(11-8-15)27(24-26-18-5-3-4-6-20(18)34-24)22(29)14-33-21-12-9-16(23(25)30)13-19(21)28(31)32/h3-13H,2,14H2,1H3,(H2,25,30). The number of thiazole rings is 1. The smallest absolute Gasteiger partial charge is 0.283 e. The molecule has 0 fully saturated rings. The molecule has 0 aliphatic carbocycles. The first-order valence-corrected chi connectivity index (χ1v) is 12.2. The Morgan fingerprint density at radius 3 is 2.50 bits per heavy atom. The maximum atomic E-state index is 13.4. The van der Waals surface area contributed by atoms with Crippen LogP contribution < -0.4 is 10.6 Å². The first-order valence-electron chi connectivity index (χ1n) is 10.4. The number of nitro benzene ring substituents is 1. The van der Waals surface area contributed by atoms with Crippen molar-refractivity contribution in [2.45, 2.75) is 18.2 Å². The van der Waals surface area contributed by atoms with Crippen molar-refractivity contribution in [2.75, 3.05) is 10.7 Å². The topological polar surface area (TPSA) is 119 Å². The van der Waals surface area contributed by atoms with Crippen LogP contribution in [0.4, 0.5) is 16.5 Å². The zero-order valence-electron chi connectivity index (χ0n) is 18.1. The highest BCUT2D eigenvalue weighted by molar-refractivity contribution is 8.00. The number of aromatic nitrogens is 1. The molecule has 2 N–H and O–H groups in total. The van der Waals surface area contributed by atoms with Crippen LogP contribution in [0.25, 0.3) is 10.2 Å². The number of nitrogens with two attached hydrogens (primary N) is 1. The van der Waals surface area contributed by atoms with E-state index in [9.17, 15) is 19.7 Å². The van der Waals surface area contributed by atoms with Gasteiger partial charge in [0.1, 0.15) is 0 Å². The number of fused-ring (bicyclic) bond motifs is 1. The van der Waals surface area contributed by atoms with Gasteiger partial charge in [-0.05, 0) is 48.4 Å². The summed E-state index contributed by atoms with van der Waals surface area (Å²) >= 11 is 2.43. The number of benzene rings is 3. The second-order valence-corrected chi connectivity index (χ2v) is 9.33. The van der Waals surface area contributed by atoms with Gasteiger partial charge >= 0.3 is 0 Å². The Bertz CT molecular complexity index is 1350. The van der Waals surface area contributed by atoms with E-state index < -0.39 is 10.8 Å². The second-order valence-electron chi connectivity index (χ2n) is 7.31. The van der Waals surface area contributed by atoms with Crippen molar-refractivity contribution in [3.8, 4) is 0 Å². The molecule has 2 amide bonds. The summed E-state index contributed by atoms with van der Waals surface area (Å²) in [7, 11) is 0. The predicted molar refractivity (Wildman–Crippen MR) is 135 cm³/mol. The fourth-order valence-electron chi connectivity index (χ4n) is 3.34. The van der Waals surface area contributed by atoms with Crippen LogP contribution in [0.15, 0.2) is 71.6 Å². The number of anilines is 2. The lowest BCUT2D eigenvalue weighted by atomic mass is 10.1. The predicted octanol–water partition coefficient (Wildman–Crippen LogP) is 5.32. The number of nitrogens with zero attached hydrogens (tertiary/aromatic N) is 3. The molecule has 0 atom stereocenters. The molecule has 1 heterocycles. The molecule has 172 valence electrons. The molecule has 0 spiro atoms. The highest BCUT2D eigenvalue weighted by Crippen LogP contribution is 2.36. The van der Waals surface area contributed by atoms with Gasteiger partial charge in [-0.15, -0.1) is 11.8 Å². The van der Waals surface area contributed by atoms with Crippen LogP contribution in [0.3, 0.4) is 0 Å². The van der Waals surface area contributed by atoms with Crippen molar-refractivity contribution in [3.63, 3.8) is 0 Å². The SMILES string of the molecule is CCc1ccc(N(C(=O)CSc2ccc(C(N)=O)cc2[N+](=O)[O-])c2nc3ccccc3s2)cc1. The molecule has 0 radical (unpaired) electrons. The van der Waals surface area contributed by atoms with E-state index in [1.54, 1.807) is 4.90 Å². The van der Waals surface area contributed by atoms with Gasteiger partial charge in [-0.25, -0.2) is 4.98 Å². The van der Waals surface area contributed by atoms with Crippen LogP contribution in [0.5, 0.6) is 0 Å². The number of hydrogen-bond donors (Lipinski definition) is 1. The largest absolute Gasteiger partial charge is 0.366 e. The van der Waals surface area contributed by atoms with Crippen LogP contribution >= 0.6 is 23.1 Å². The normalized spacial score (nSPS) is 10.9. The van der Waals surface area contributed by atoms with E-state index in [2.05, 4.69) is 11.9 Å². The summed E-state index contributed by atoms with van der Waals surface area (Å²) in [6.07, 6.45) is 0.871. The van der Waals surface area contributed by atoms with Gasteiger partial charge in [-0.3, -0.25) is 24.6 Å². The fourth-order valence-corrected chi connectivity index (χ4v) is 5.19. The Balaban J connectivity index is 1.66. The Hall–Kier alpha value is -3.76. The monoisotopic (exact) mass is 492 g/mol. The Morgan fingerprint density at radius 1 is 1.12 bits per heavy atom. The number of carbonyl (C=O) groups is 2. The molecule has 0 aliphatic rings. The zero-order valence-corrected chi connectivity index (χ0v) is 19.8. The van der Waals surface area contributed by atoms with Gasteiger partial charge in [-0.1, -0.05) is 42.5 Å². The minimum absolute atomic E-state index is 0.0366. The molecule has 8 nitrogen and oxygen atoms in total. The van der Waals surface area contributed by atoms with Crippen LogP contribution in [-0.2, 0) is 11.2 Å². The molecule has 34 heavy (non-hydrogen) atoms. The average molecular weight is 493 g/mol. The lowest BCUT2D eigenvalue weighted by Crippen LogP contribution is -2.27. The van der Waals surface area contributed by atoms with Gasteiger partial charge in [0.05, 0.1) is 31.5 Å². The number of para-hydroxylation sites is 1. The molecule has 0 aliphatic heterocycles. The molecule has 0 saturated heterocycles. The van der Waals surface area contributed by atoms with Crippen molar-refractivity contribution in [1.29, 1.82) is 0 Å². The highest BCUT2D eigenvalue weighted by Gasteiger charge is 2.24. The summed E-state index contributed by atoms with van der Waals surface area (Å²) in [6, 6.07) is 19.3. The molecular formula is C24H20N4O4S2. The quantitative estimate of drug-likeness (QED) is 0.202. The van der Waals surface area contributed by atoms with Gasteiger partial charge in [-0.2, -0.15) is 0 Å². The summed E-state index contributed by atoms with van der Waals surface area (Å²) in [6.45, 7) is 2.05. The zero-order chi connectivity index (χ0) is 24.2. The van der Waals surface area contributed by atoms with Crippen LogP contribution in [-0.4, -0.2) is 27.5 Å². The second kappa shape index (κ2) is 10.0. The number of primary amides is 1. The van der Waals surface area contributed by atoms with Crippen molar-refractivity contribution in [2.24, 2.45) is 5.73 Å². The summed E-state index contributed by atoms with van der Waals surface area (Å²) in [5.41, 5.74) is 7.60. The van der Waals surface area contributed by atoms with Gasteiger partial charge in [0.15, 0.2) is 5.13 Å². The van der Waals surface area contributed by atoms with Crippen LogP contribution in [0.1, 0.15) is 22.8 Å². The number of nitro groups is 1. The van der Waals surface area contributed by atoms with Crippen molar-refractivity contribution < 1.29 is 14.5 Å². The lowest BCUT2D eigenvalue weighted by molar-refractivity contribution is -0.387. The van der Waals surface area contributed by atoms with Gasteiger partial charge in [0.25, 0.3) is 5.69 Å². The fraction of sp³-hybridized carbons (Fsp3) is 0.125. The molecule has 3 aromatic carbocycles. The number of hydrogen-bond acceptors (Lipinski definition) is 7. The first-order chi connectivity index (χ1) is 16.4. The summed E-state index contributed by atoms with van der Waals surface area (Å²) in [5, 5.41) is 12.0. The van der Waals surface area contributed by atoms with E-state index in [-0.39, 0.29) is 27.8 Å². The number of amides is 2. The number of aryl methyl sites for hydroxylation is 1. The molecular weight excluding hydrogens is 472 g/mol. The number of carbonyl (C=O) groups excluding carboxylic acids is 2. The molecule has 0 bridgehead atoms. The van der Waals surface area contributed by atoms with Crippen LogP contribution in [0, 0.1) is 10.1 Å². The number of rotatable bonds is 8. The van der Waals surface area contributed by atoms with Gasteiger partial charge < -0.3 is 5.73 Å². The first kappa shape index (κ1) is 23.4.